The lowest BCUT2D eigenvalue weighted by molar-refractivity contribution is 0.0284. The molecule has 110 valence electrons. The normalized spacial score (nSPS) is 17.3. The number of nitrogens with one attached hydrogen (secondary N) is 1. The Balaban J connectivity index is 1.61. The minimum absolute atomic E-state index is 0.00400. The van der Waals surface area contributed by atoms with Crippen molar-refractivity contribution in [3.05, 3.63) is 52.4 Å². The van der Waals surface area contributed by atoms with Crippen molar-refractivity contribution in [1.29, 1.82) is 0 Å². The predicted octanol–water partition coefficient (Wildman–Crippen LogP) is 2.16. The van der Waals surface area contributed by atoms with Gasteiger partial charge in [0.25, 0.3) is 5.91 Å². The number of aryl methyl sites for hydroxylation is 2. The van der Waals surface area contributed by atoms with Crippen LogP contribution in [0.1, 0.15) is 32.9 Å². The first kappa shape index (κ1) is 13.8. The van der Waals surface area contributed by atoms with Gasteiger partial charge in [0.15, 0.2) is 0 Å². The number of carbonyl (C=O) groups excluding carboxylic acids is 1. The van der Waals surface area contributed by atoms with E-state index in [0.29, 0.717) is 30.2 Å². The molecule has 1 aromatic heterocycles. The lowest BCUT2D eigenvalue weighted by Crippen LogP contribution is -2.37. The van der Waals surface area contributed by atoms with Gasteiger partial charge in [-0.15, -0.1) is 0 Å². The number of benzene rings is 1. The van der Waals surface area contributed by atoms with Gasteiger partial charge < -0.3 is 14.6 Å². The molecule has 2 aromatic rings. The Bertz CT molecular complexity index is 644. The molecule has 0 saturated carbocycles. The topological polar surface area (TPSA) is 64.4 Å². The van der Waals surface area contributed by atoms with Crippen molar-refractivity contribution >= 4 is 5.91 Å². The number of fused-ring (bicyclic) bond motifs is 1. The molecular formula is C16H18N2O3. The molecule has 1 aliphatic heterocycles. The van der Waals surface area contributed by atoms with Crippen molar-refractivity contribution in [2.75, 3.05) is 6.54 Å². The number of nitrogens with zero attached hydrogens (tertiary/aromatic N) is 1. The zero-order valence-electron chi connectivity index (χ0n) is 12.2. The number of aromatic nitrogens is 1. The fourth-order valence-electron chi connectivity index (χ4n) is 2.64. The lowest BCUT2D eigenvalue weighted by atomic mass is 9.99. The van der Waals surface area contributed by atoms with Crippen molar-refractivity contribution in [3.63, 3.8) is 0 Å². The van der Waals surface area contributed by atoms with Crippen LogP contribution in [0.15, 0.2) is 28.8 Å². The summed E-state index contributed by atoms with van der Waals surface area (Å²) >= 11 is 0. The van der Waals surface area contributed by atoms with E-state index in [4.69, 9.17) is 9.26 Å². The smallest absolute Gasteiger partial charge is 0.256 e. The molecule has 0 spiro atoms. The molecule has 21 heavy (non-hydrogen) atoms. The quantitative estimate of drug-likeness (QED) is 0.939. The van der Waals surface area contributed by atoms with Crippen LogP contribution in [0.25, 0.3) is 0 Å². The molecule has 5 nitrogen and oxygen atoms in total. The molecule has 0 fully saturated rings. The maximum atomic E-state index is 12.2. The van der Waals surface area contributed by atoms with E-state index in [1.807, 2.05) is 12.1 Å². The van der Waals surface area contributed by atoms with Gasteiger partial charge in [-0.25, -0.2) is 0 Å². The van der Waals surface area contributed by atoms with Crippen molar-refractivity contribution in [2.45, 2.75) is 33.0 Å². The van der Waals surface area contributed by atoms with Gasteiger partial charge in [0.05, 0.1) is 18.4 Å². The Morgan fingerprint density at radius 2 is 2.10 bits per heavy atom. The molecule has 0 bridgehead atoms. The van der Waals surface area contributed by atoms with Crippen molar-refractivity contribution in [3.8, 4) is 0 Å². The SMILES string of the molecule is Cc1noc(C)c1C(=O)NC[C@@H]1Cc2ccccc2CO1. The number of hydrogen-bond acceptors (Lipinski definition) is 4. The monoisotopic (exact) mass is 286 g/mol. The molecule has 1 amide bonds. The van der Waals surface area contributed by atoms with E-state index in [-0.39, 0.29) is 12.0 Å². The van der Waals surface area contributed by atoms with Gasteiger partial charge in [-0.05, 0) is 25.0 Å². The first-order chi connectivity index (χ1) is 10.1. The summed E-state index contributed by atoms with van der Waals surface area (Å²) in [5.41, 5.74) is 3.65. The van der Waals surface area contributed by atoms with Crippen LogP contribution in [-0.4, -0.2) is 23.7 Å². The first-order valence-electron chi connectivity index (χ1n) is 7.04. The zero-order chi connectivity index (χ0) is 14.8. The van der Waals surface area contributed by atoms with E-state index in [1.54, 1.807) is 13.8 Å². The Morgan fingerprint density at radius 1 is 1.33 bits per heavy atom. The third-order valence-electron chi connectivity index (χ3n) is 3.79. The second-order valence-electron chi connectivity index (χ2n) is 5.32. The maximum absolute atomic E-state index is 12.2. The first-order valence-corrected chi connectivity index (χ1v) is 7.04. The Hall–Kier alpha value is -2.14. The number of amides is 1. The number of hydrogen-bond donors (Lipinski definition) is 1. The highest BCUT2D eigenvalue weighted by atomic mass is 16.5. The van der Waals surface area contributed by atoms with Gasteiger partial charge in [-0.1, -0.05) is 29.4 Å². The van der Waals surface area contributed by atoms with E-state index >= 15 is 0 Å². The third kappa shape index (κ3) is 2.83. The average Bonchev–Trinajstić information content (AvgIpc) is 2.84. The minimum Gasteiger partial charge on any atom is -0.371 e. The molecule has 2 heterocycles. The van der Waals surface area contributed by atoms with Crippen LogP contribution in [0, 0.1) is 13.8 Å². The van der Waals surface area contributed by atoms with Gasteiger partial charge in [0, 0.05) is 13.0 Å². The highest BCUT2D eigenvalue weighted by Crippen LogP contribution is 2.20. The van der Waals surface area contributed by atoms with E-state index in [9.17, 15) is 4.79 Å². The summed E-state index contributed by atoms with van der Waals surface area (Å²) in [7, 11) is 0. The third-order valence-corrected chi connectivity index (χ3v) is 3.79. The van der Waals surface area contributed by atoms with E-state index in [0.717, 1.165) is 6.42 Å². The fraction of sp³-hybridized carbons (Fsp3) is 0.375. The average molecular weight is 286 g/mol. The second kappa shape index (κ2) is 5.69. The van der Waals surface area contributed by atoms with Crippen LogP contribution < -0.4 is 5.32 Å². The highest BCUT2D eigenvalue weighted by molar-refractivity contribution is 5.96. The summed E-state index contributed by atoms with van der Waals surface area (Å²) in [4.78, 5) is 12.2. The molecular weight excluding hydrogens is 268 g/mol. The minimum atomic E-state index is -0.159. The molecule has 0 radical (unpaired) electrons. The van der Waals surface area contributed by atoms with Gasteiger partial charge in [-0.2, -0.15) is 0 Å². The molecule has 3 rings (SSSR count). The van der Waals surface area contributed by atoms with Crippen LogP contribution in [-0.2, 0) is 17.8 Å². The molecule has 1 aliphatic rings. The fourth-order valence-corrected chi connectivity index (χ4v) is 2.64. The van der Waals surface area contributed by atoms with Crippen LogP contribution in [0.3, 0.4) is 0 Å². The van der Waals surface area contributed by atoms with E-state index < -0.39 is 0 Å². The van der Waals surface area contributed by atoms with Crippen LogP contribution in [0.2, 0.25) is 0 Å². The van der Waals surface area contributed by atoms with E-state index in [2.05, 4.69) is 22.6 Å². The Morgan fingerprint density at radius 3 is 2.81 bits per heavy atom. The summed E-state index contributed by atoms with van der Waals surface area (Å²) in [6.07, 6.45) is 0.822. The number of ether oxygens (including phenoxy) is 1. The van der Waals surface area contributed by atoms with Crippen molar-refractivity contribution in [1.82, 2.24) is 10.5 Å². The van der Waals surface area contributed by atoms with Crippen molar-refractivity contribution in [2.24, 2.45) is 0 Å². The molecule has 0 unspecified atom stereocenters. The van der Waals surface area contributed by atoms with Crippen LogP contribution >= 0.6 is 0 Å². The lowest BCUT2D eigenvalue weighted by Gasteiger charge is -2.25. The van der Waals surface area contributed by atoms with Gasteiger partial charge in [0.1, 0.15) is 11.3 Å². The Labute approximate surface area is 123 Å². The highest BCUT2D eigenvalue weighted by Gasteiger charge is 2.22. The standard InChI is InChI=1S/C16H18N2O3/c1-10-15(11(2)21-18-10)16(19)17-8-14-7-12-5-3-4-6-13(12)9-20-14/h3-6,14H,7-9H2,1-2H3,(H,17,19)/t14-/m0/s1. The summed E-state index contributed by atoms with van der Waals surface area (Å²) in [5.74, 6) is 0.383. The molecule has 1 aromatic carbocycles. The molecule has 0 saturated heterocycles. The summed E-state index contributed by atoms with van der Waals surface area (Å²) < 4.78 is 10.8. The van der Waals surface area contributed by atoms with Crippen LogP contribution in [0.4, 0.5) is 0 Å². The second-order valence-corrected chi connectivity index (χ2v) is 5.32. The van der Waals surface area contributed by atoms with Gasteiger partial charge >= 0.3 is 0 Å². The molecule has 1 atom stereocenters. The number of rotatable bonds is 3. The maximum Gasteiger partial charge on any atom is 0.256 e. The number of carbonyl (C=O) groups is 1. The van der Waals surface area contributed by atoms with E-state index in [1.165, 1.54) is 11.1 Å². The Kier molecular flexibility index (Phi) is 3.75. The predicted molar refractivity (Wildman–Crippen MR) is 77.0 cm³/mol. The molecule has 0 aliphatic carbocycles. The van der Waals surface area contributed by atoms with Gasteiger partial charge in [0.2, 0.25) is 0 Å². The van der Waals surface area contributed by atoms with Crippen molar-refractivity contribution < 1.29 is 14.1 Å². The summed E-state index contributed by atoms with van der Waals surface area (Å²) in [6.45, 7) is 4.58. The molecule has 5 heteroatoms. The summed E-state index contributed by atoms with van der Waals surface area (Å²) in [6, 6.07) is 8.24. The van der Waals surface area contributed by atoms with Gasteiger partial charge in [-0.3, -0.25) is 4.79 Å². The summed E-state index contributed by atoms with van der Waals surface area (Å²) in [5, 5.41) is 6.70. The van der Waals surface area contributed by atoms with Crippen LogP contribution in [0.5, 0.6) is 0 Å². The molecule has 1 N–H and O–H groups in total. The zero-order valence-corrected chi connectivity index (χ0v) is 12.2. The largest absolute Gasteiger partial charge is 0.371 e.